The lowest BCUT2D eigenvalue weighted by Crippen LogP contribution is -1.95. The average molecular weight is 262 g/mol. The summed E-state index contributed by atoms with van der Waals surface area (Å²) >= 11 is 1.86. The molecule has 19 heavy (non-hydrogen) atoms. The molecule has 0 aliphatic heterocycles. The van der Waals surface area contributed by atoms with E-state index in [1.165, 1.54) is 32.0 Å². The molecule has 1 aromatic heterocycles. The highest BCUT2D eigenvalue weighted by Gasteiger charge is 2.22. The Balaban J connectivity index is 1.82. The van der Waals surface area contributed by atoms with E-state index >= 15 is 0 Å². The first kappa shape index (κ1) is 11.0. The zero-order valence-corrected chi connectivity index (χ0v) is 11.6. The first-order chi connectivity index (χ1) is 9.31. The van der Waals surface area contributed by atoms with Crippen molar-refractivity contribution in [2.45, 2.75) is 12.8 Å². The number of hydrogen-bond acceptors (Lipinski definition) is 1. The highest BCUT2D eigenvalue weighted by molar-refractivity contribution is 7.15. The standard InChI is InChI=1S/C18H14S/c1-12-6-9-18(19-12)14-7-8-17-15(11-14)10-13-4-2-3-5-16(13)17/h2-11,16H,1H3. The summed E-state index contributed by atoms with van der Waals surface area (Å²) in [6, 6.07) is 11.3. The summed E-state index contributed by atoms with van der Waals surface area (Å²) in [5.41, 5.74) is 5.56. The van der Waals surface area contributed by atoms with Crippen LogP contribution in [0.1, 0.15) is 21.9 Å². The van der Waals surface area contributed by atoms with Crippen LogP contribution in [0, 0.1) is 6.92 Å². The number of allylic oxidation sites excluding steroid dienone is 5. The second kappa shape index (κ2) is 4.07. The van der Waals surface area contributed by atoms with E-state index in [0.29, 0.717) is 5.92 Å². The molecule has 0 nitrogen and oxygen atoms in total. The second-order valence-electron chi connectivity index (χ2n) is 5.12. The number of aryl methyl sites for hydroxylation is 1. The van der Waals surface area contributed by atoms with Crippen molar-refractivity contribution in [3.05, 3.63) is 76.2 Å². The summed E-state index contributed by atoms with van der Waals surface area (Å²) in [7, 11) is 0. The van der Waals surface area contributed by atoms with E-state index in [1.807, 2.05) is 11.3 Å². The monoisotopic (exact) mass is 262 g/mol. The van der Waals surface area contributed by atoms with Gasteiger partial charge in [-0.05, 0) is 47.4 Å². The number of thiophene rings is 1. The average Bonchev–Trinajstić information content (AvgIpc) is 3.01. The molecular weight excluding hydrogens is 248 g/mol. The van der Waals surface area contributed by atoms with Gasteiger partial charge < -0.3 is 0 Å². The Bertz CT molecular complexity index is 741. The highest BCUT2D eigenvalue weighted by Crippen LogP contribution is 2.41. The maximum absolute atomic E-state index is 2.33. The molecule has 0 saturated carbocycles. The topological polar surface area (TPSA) is 0 Å². The molecule has 0 N–H and O–H groups in total. The van der Waals surface area contributed by atoms with Crippen LogP contribution in [0.15, 0.2) is 60.2 Å². The molecule has 4 rings (SSSR count). The van der Waals surface area contributed by atoms with Gasteiger partial charge in [-0.15, -0.1) is 11.3 Å². The Morgan fingerprint density at radius 3 is 2.84 bits per heavy atom. The maximum Gasteiger partial charge on any atom is 0.0345 e. The molecule has 1 atom stereocenters. The van der Waals surface area contributed by atoms with E-state index < -0.39 is 0 Å². The quantitative estimate of drug-likeness (QED) is 0.651. The Morgan fingerprint density at radius 1 is 1.05 bits per heavy atom. The molecule has 2 aromatic rings. The fourth-order valence-electron chi connectivity index (χ4n) is 2.88. The van der Waals surface area contributed by atoms with Crippen LogP contribution in [0.5, 0.6) is 0 Å². The third kappa shape index (κ3) is 1.73. The highest BCUT2D eigenvalue weighted by atomic mass is 32.1. The number of benzene rings is 1. The van der Waals surface area contributed by atoms with Gasteiger partial charge in [-0.2, -0.15) is 0 Å². The molecule has 0 spiro atoms. The lowest BCUT2D eigenvalue weighted by Gasteiger charge is -2.12. The van der Waals surface area contributed by atoms with Crippen LogP contribution in [-0.2, 0) is 0 Å². The van der Waals surface area contributed by atoms with Crippen molar-refractivity contribution < 1.29 is 0 Å². The Morgan fingerprint density at radius 2 is 2.00 bits per heavy atom. The van der Waals surface area contributed by atoms with Crippen LogP contribution in [0.4, 0.5) is 0 Å². The summed E-state index contributed by atoms with van der Waals surface area (Å²) in [6.07, 6.45) is 11.1. The minimum atomic E-state index is 0.471. The Hall–Kier alpha value is -1.86. The molecule has 1 heterocycles. The molecule has 1 aromatic carbocycles. The van der Waals surface area contributed by atoms with Crippen molar-refractivity contribution in [3.8, 4) is 10.4 Å². The zero-order chi connectivity index (χ0) is 12.8. The van der Waals surface area contributed by atoms with E-state index in [2.05, 4.69) is 67.6 Å². The maximum atomic E-state index is 2.33. The number of hydrogen-bond donors (Lipinski definition) is 0. The smallest absolute Gasteiger partial charge is 0.0345 e. The number of fused-ring (bicyclic) bond motifs is 3. The van der Waals surface area contributed by atoms with Gasteiger partial charge in [0, 0.05) is 15.7 Å². The van der Waals surface area contributed by atoms with Gasteiger partial charge in [0.15, 0.2) is 0 Å². The van der Waals surface area contributed by atoms with E-state index in [1.54, 1.807) is 0 Å². The van der Waals surface area contributed by atoms with Gasteiger partial charge in [0.1, 0.15) is 0 Å². The Kier molecular flexibility index (Phi) is 2.36. The minimum Gasteiger partial charge on any atom is -0.141 e. The van der Waals surface area contributed by atoms with Gasteiger partial charge in [0.2, 0.25) is 0 Å². The molecule has 1 heteroatoms. The minimum absolute atomic E-state index is 0.471. The van der Waals surface area contributed by atoms with Crippen LogP contribution in [0.3, 0.4) is 0 Å². The van der Waals surface area contributed by atoms with Crippen molar-refractivity contribution in [2.75, 3.05) is 0 Å². The lowest BCUT2D eigenvalue weighted by atomic mass is 9.92. The van der Waals surface area contributed by atoms with Crippen LogP contribution in [0.25, 0.3) is 16.5 Å². The molecule has 0 saturated heterocycles. The van der Waals surface area contributed by atoms with Crippen molar-refractivity contribution in [3.63, 3.8) is 0 Å². The first-order valence-electron chi connectivity index (χ1n) is 6.58. The molecule has 0 amide bonds. The van der Waals surface area contributed by atoms with Gasteiger partial charge in [-0.3, -0.25) is 0 Å². The normalized spacial score (nSPS) is 19.2. The van der Waals surface area contributed by atoms with Crippen LogP contribution in [-0.4, -0.2) is 0 Å². The van der Waals surface area contributed by atoms with E-state index in [9.17, 15) is 0 Å². The molecule has 0 bridgehead atoms. The third-order valence-corrected chi connectivity index (χ3v) is 4.88. The molecule has 0 radical (unpaired) electrons. The summed E-state index contributed by atoms with van der Waals surface area (Å²) in [5, 5.41) is 0. The van der Waals surface area contributed by atoms with Crippen LogP contribution < -0.4 is 0 Å². The Labute approximate surface area is 117 Å². The summed E-state index contributed by atoms with van der Waals surface area (Å²) < 4.78 is 0. The molecule has 2 aliphatic rings. The fraction of sp³-hybridized carbons (Fsp3) is 0.111. The van der Waals surface area contributed by atoms with Crippen molar-refractivity contribution in [2.24, 2.45) is 0 Å². The predicted octanol–water partition coefficient (Wildman–Crippen LogP) is 5.33. The van der Waals surface area contributed by atoms with E-state index in [0.717, 1.165) is 0 Å². The predicted molar refractivity (Wildman–Crippen MR) is 83.5 cm³/mol. The van der Waals surface area contributed by atoms with Crippen LogP contribution in [0.2, 0.25) is 0 Å². The number of rotatable bonds is 1. The van der Waals surface area contributed by atoms with Crippen LogP contribution >= 0.6 is 11.3 Å². The van der Waals surface area contributed by atoms with E-state index in [-0.39, 0.29) is 0 Å². The van der Waals surface area contributed by atoms with Crippen molar-refractivity contribution in [1.82, 2.24) is 0 Å². The van der Waals surface area contributed by atoms with Gasteiger partial charge in [0.25, 0.3) is 0 Å². The molecular formula is C18H14S. The molecule has 2 aliphatic carbocycles. The summed E-state index contributed by atoms with van der Waals surface area (Å²) in [6.45, 7) is 2.16. The molecule has 1 unspecified atom stereocenters. The largest absolute Gasteiger partial charge is 0.141 e. The van der Waals surface area contributed by atoms with E-state index in [4.69, 9.17) is 0 Å². The molecule has 92 valence electrons. The van der Waals surface area contributed by atoms with Gasteiger partial charge in [-0.1, -0.05) is 42.5 Å². The van der Waals surface area contributed by atoms with Gasteiger partial charge >= 0.3 is 0 Å². The van der Waals surface area contributed by atoms with Crippen molar-refractivity contribution >= 4 is 17.4 Å². The van der Waals surface area contributed by atoms with Crippen molar-refractivity contribution in [1.29, 1.82) is 0 Å². The zero-order valence-electron chi connectivity index (χ0n) is 10.8. The SMILES string of the molecule is Cc1ccc(-c2ccc3c(c2)C=C2C=CC=CC23)s1. The van der Waals surface area contributed by atoms with Gasteiger partial charge in [-0.25, -0.2) is 0 Å². The lowest BCUT2D eigenvalue weighted by molar-refractivity contribution is 1.05. The fourth-order valence-corrected chi connectivity index (χ4v) is 3.75. The first-order valence-corrected chi connectivity index (χ1v) is 7.40. The second-order valence-corrected chi connectivity index (χ2v) is 6.41. The summed E-state index contributed by atoms with van der Waals surface area (Å²) in [5.74, 6) is 0.471. The third-order valence-electron chi connectivity index (χ3n) is 3.83. The summed E-state index contributed by atoms with van der Waals surface area (Å²) in [4.78, 5) is 2.73. The van der Waals surface area contributed by atoms with Gasteiger partial charge in [0.05, 0.1) is 0 Å². The molecule has 0 fully saturated rings.